The first kappa shape index (κ1) is 21.2. The van der Waals surface area contributed by atoms with Crippen molar-refractivity contribution in [2.24, 2.45) is 5.92 Å². The zero-order valence-electron chi connectivity index (χ0n) is 16.5. The highest BCUT2D eigenvalue weighted by Crippen LogP contribution is 2.28. The predicted octanol–water partition coefficient (Wildman–Crippen LogP) is 3.12. The summed E-state index contributed by atoms with van der Waals surface area (Å²) >= 11 is 2.64. The first-order valence-electron chi connectivity index (χ1n) is 9.27. The Hall–Kier alpha value is -2.48. The van der Waals surface area contributed by atoms with E-state index in [-0.39, 0.29) is 11.9 Å². The van der Waals surface area contributed by atoms with Gasteiger partial charge in [0.2, 0.25) is 5.91 Å². The number of hydrogen-bond donors (Lipinski definition) is 3. The second-order valence-corrected chi connectivity index (χ2v) is 8.70. The third-order valence-corrected chi connectivity index (χ3v) is 5.95. The molecule has 0 bridgehead atoms. The maximum atomic E-state index is 12.0. The summed E-state index contributed by atoms with van der Waals surface area (Å²) in [5, 5.41) is 9.16. The minimum absolute atomic E-state index is 0.167. The van der Waals surface area contributed by atoms with Crippen LogP contribution in [0.4, 0.5) is 15.1 Å². The maximum Gasteiger partial charge on any atom is 0.321 e. The summed E-state index contributed by atoms with van der Waals surface area (Å²) in [4.78, 5) is 33.3. The van der Waals surface area contributed by atoms with Crippen molar-refractivity contribution in [2.75, 3.05) is 30.4 Å². The summed E-state index contributed by atoms with van der Waals surface area (Å²) in [6.45, 7) is 6.87. The molecule has 2 aromatic rings. The molecule has 10 heteroatoms. The van der Waals surface area contributed by atoms with Crippen molar-refractivity contribution in [3.8, 4) is 11.8 Å². The lowest BCUT2D eigenvalue weighted by molar-refractivity contribution is -0.114. The van der Waals surface area contributed by atoms with E-state index in [1.807, 2.05) is 13.8 Å². The normalized spacial score (nSPS) is 12.8. The summed E-state index contributed by atoms with van der Waals surface area (Å²) in [5.41, 5.74) is 1.50. The summed E-state index contributed by atoms with van der Waals surface area (Å²) in [7, 11) is 0. The number of carbonyl (C=O) groups is 2. The number of hydrogen-bond acceptors (Lipinski definition) is 7. The number of urea groups is 1. The average molecular weight is 434 g/mol. The van der Waals surface area contributed by atoms with E-state index < -0.39 is 0 Å². The number of aromatic nitrogens is 2. The number of nitrogens with zero attached hydrogens (tertiary/aromatic N) is 2. The van der Waals surface area contributed by atoms with Gasteiger partial charge in [0.05, 0.1) is 18.0 Å². The highest BCUT2D eigenvalue weighted by Gasteiger charge is 2.20. The molecule has 29 heavy (non-hydrogen) atoms. The molecule has 0 aliphatic heterocycles. The molecule has 0 spiro atoms. The van der Waals surface area contributed by atoms with Gasteiger partial charge < -0.3 is 15.4 Å². The molecule has 1 fully saturated rings. The van der Waals surface area contributed by atoms with E-state index >= 15 is 0 Å². The van der Waals surface area contributed by atoms with Crippen molar-refractivity contribution in [3.05, 3.63) is 21.1 Å². The predicted molar refractivity (Wildman–Crippen MR) is 115 cm³/mol. The van der Waals surface area contributed by atoms with E-state index in [4.69, 9.17) is 4.74 Å². The Morgan fingerprint density at radius 3 is 2.21 bits per heavy atom. The van der Waals surface area contributed by atoms with Crippen LogP contribution in [0, 0.1) is 31.6 Å². The zero-order chi connectivity index (χ0) is 20.8. The summed E-state index contributed by atoms with van der Waals surface area (Å²) < 4.78 is 5.49. The number of anilines is 2. The van der Waals surface area contributed by atoms with Crippen LogP contribution < -0.4 is 16.0 Å². The number of nitrogens with one attached hydrogen (secondary N) is 3. The van der Waals surface area contributed by atoms with Gasteiger partial charge in [-0.1, -0.05) is 22.7 Å². The third kappa shape index (κ3) is 6.81. The van der Waals surface area contributed by atoms with Gasteiger partial charge >= 0.3 is 6.03 Å². The van der Waals surface area contributed by atoms with E-state index in [1.54, 1.807) is 0 Å². The van der Waals surface area contributed by atoms with Crippen LogP contribution >= 0.6 is 22.7 Å². The molecule has 1 saturated carbocycles. The van der Waals surface area contributed by atoms with E-state index in [0.29, 0.717) is 29.3 Å². The molecule has 2 heterocycles. The van der Waals surface area contributed by atoms with Gasteiger partial charge in [0, 0.05) is 20.1 Å². The Balaban J connectivity index is 1.52. The number of aryl methyl sites for hydroxylation is 2. The lowest BCUT2D eigenvalue weighted by Gasteiger charge is -2.05. The minimum Gasteiger partial charge on any atom is -0.379 e. The molecule has 1 aliphatic carbocycles. The Morgan fingerprint density at radius 1 is 1.07 bits per heavy atom. The summed E-state index contributed by atoms with van der Waals surface area (Å²) in [5.74, 6) is 6.70. The molecule has 2 aromatic heterocycles. The smallest absolute Gasteiger partial charge is 0.321 e. The van der Waals surface area contributed by atoms with Crippen LogP contribution in [0.1, 0.15) is 40.9 Å². The second kappa shape index (κ2) is 9.82. The minimum atomic E-state index is -0.313. The van der Waals surface area contributed by atoms with Gasteiger partial charge in [-0.05, 0) is 44.4 Å². The number of ether oxygens (including phenoxy) is 1. The standard InChI is InChI=1S/C19H23N5O3S2/c1-11-15(28-18(21-11)23-13(3)25)6-7-16-12(2)22-19(29-16)24-17(26)20-8-9-27-10-14-4-5-14/h14H,4-5,8-10H2,1-3H3,(H,21,23,25)(H2,20,22,24,26). The topological polar surface area (TPSA) is 105 Å². The fraction of sp³-hybridized carbons (Fsp3) is 0.474. The van der Waals surface area contributed by atoms with E-state index in [1.165, 1.54) is 42.4 Å². The third-order valence-electron chi connectivity index (χ3n) is 3.97. The van der Waals surface area contributed by atoms with Gasteiger partial charge in [0.1, 0.15) is 9.75 Å². The van der Waals surface area contributed by atoms with E-state index in [2.05, 4.69) is 37.8 Å². The fourth-order valence-corrected chi connectivity index (χ4v) is 3.99. The SMILES string of the molecule is CC(=O)Nc1nc(C)c(C#Cc2sc(NC(=O)NCCOCC3CC3)nc2C)s1. The van der Waals surface area contributed by atoms with Crippen LogP contribution in [0.25, 0.3) is 0 Å². The molecule has 3 N–H and O–H groups in total. The Bertz CT molecular complexity index is 953. The number of amides is 3. The van der Waals surface area contributed by atoms with Crippen molar-refractivity contribution >= 4 is 44.9 Å². The molecule has 154 valence electrons. The van der Waals surface area contributed by atoms with Gasteiger partial charge in [-0.2, -0.15) is 0 Å². The Labute approximate surface area is 177 Å². The molecule has 0 aromatic carbocycles. The van der Waals surface area contributed by atoms with Crippen LogP contribution in [0.2, 0.25) is 0 Å². The highest BCUT2D eigenvalue weighted by molar-refractivity contribution is 7.17. The molecular formula is C19H23N5O3S2. The van der Waals surface area contributed by atoms with Crippen molar-refractivity contribution in [1.29, 1.82) is 0 Å². The second-order valence-electron chi connectivity index (χ2n) is 6.70. The molecular weight excluding hydrogens is 410 g/mol. The molecule has 3 rings (SSSR count). The molecule has 8 nitrogen and oxygen atoms in total. The lowest BCUT2D eigenvalue weighted by Crippen LogP contribution is -2.31. The molecule has 0 radical (unpaired) electrons. The fourth-order valence-electron chi connectivity index (χ4n) is 2.31. The summed E-state index contributed by atoms with van der Waals surface area (Å²) in [6.07, 6.45) is 2.50. The average Bonchev–Trinajstić information content (AvgIpc) is 3.31. The van der Waals surface area contributed by atoms with E-state index in [9.17, 15) is 9.59 Å². The van der Waals surface area contributed by atoms with Gasteiger partial charge in [-0.25, -0.2) is 14.8 Å². The van der Waals surface area contributed by atoms with Crippen molar-refractivity contribution in [2.45, 2.75) is 33.6 Å². The summed E-state index contributed by atoms with van der Waals surface area (Å²) in [6, 6.07) is -0.313. The molecule has 0 atom stereocenters. The van der Waals surface area contributed by atoms with Gasteiger partial charge in [0.15, 0.2) is 10.3 Å². The highest BCUT2D eigenvalue weighted by atomic mass is 32.1. The van der Waals surface area contributed by atoms with Gasteiger partial charge in [-0.3, -0.25) is 10.1 Å². The largest absolute Gasteiger partial charge is 0.379 e. The maximum absolute atomic E-state index is 12.0. The van der Waals surface area contributed by atoms with Crippen molar-refractivity contribution in [3.63, 3.8) is 0 Å². The number of carbonyl (C=O) groups excluding carboxylic acids is 2. The first-order chi connectivity index (χ1) is 13.9. The Morgan fingerprint density at radius 2 is 1.66 bits per heavy atom. The first-order valence-corrected chi connectivity index (χ1v) is 10.9. The number of rotatable bonds is 7. The van der Waals surface area contributed by atoms with Crippen LogP contribution in [0.15, 0.2) is 0 Å². The van der Waals surface area contributed by atoms with Crippen LogP contribution in [0.3, 0.4) is 0 Å². The van der Waals surface area contributed by atoms with Crippen molar-refractivity contribution in [1.82, 2.24) is 15.3 Å². The molecule has 3 amide bonds. The lowest BCUT2D eigenvalue weighted by atomic mass is 10.3. The van der Waals surface area contributed by atoms with Crippen LogP contribution in [-0.4, -0.2) is 41.7 Å². The van der Waals surface area contributed by atoms with Crippen LogP contribution in [0.5, 0.6) is 0 Å². The van der Waals surface area contributed by atoms with Gasteiger partial charge in [0.25, 0.3) is 0 Å². The monoisotopic (exact) mass is 433 g/mol. The van der Waals surface area contributed by atoms with Gasteiger partial charge in [-0.15, -0.1) is 0 Å². The molecule has 1 aliphatic rings. The quantitative estimate of drug-likeness (QED) is 0.460. The zero-order valence-corrected chi connectivity index (χ0v) is 18.2. The molecule has 0 unspecified atom stereocenters. The van der Waals surface area contributed by atoms with E-state index in [0.717, 1.165) is 27.7 Å². The molecule has 0 saturated heterocycles. The van der Waals surface area contributed by atoms with Crippen molar-refractivity contribution < 1.29 is 14.3 Å². The number of thiazole rings is 2. The Kier molecular flexibility index (Phi) is 7.19. The van der Waals surface area contributed by atoms with Crippen LogP contribution in [-0.2, 0) is 9.53 Å².